The van der Waals surface area contributed by atoms with E-state index < -0.39 is 39.7 Å². The number of likely N-dealkylation sites (N-methyl/N-ethyl adjacent to an activating group) is 1. The molecule has 1 atom stereocenters. The fourth-order valence-corrected chi connectivity index (χ4v) is 4.65. The normalized spacial score (nSPS) is 12.5. The van der Waals surface area contributed by atoms with Gasteiger partial charge in [0.1, 0.15) is 12.4 Å². The quantitative estimate of drug-likeness (QED) is 0.471. The van der Waals surface area contributed by atoms with Crippen LogP contribution < -0.4 is 4.18 Å². The largest absolute Gasteiger partial charge is 0.381 e. The van der Waals surface area contributed by atoms with Crippen LogP contribution in [0.5, 0.6) is 5.75 Å². The van der Waals surface area contributed by atoms with E-state index in [9.17, 15) is 18.0 Å². The van der Waals surface area contributed by atoms with Crippen LogP contribution in [0.2, 0.25) is 10.0 Å². The third-order valence-corrected chi connectivity index (χ3v) is 6.17. The Bertz CT molecular complexity index is 1010. The standard InChI is InChI=1S/C21H23Cl2NO6S/c1-14(2)20(26)21(31(27,28)30-18-10-16(22)9-17(23)11-18)24(3)19(25)13-29-12-15-7-5-4-6-8-15/h4-11,14,21H,12-13H2,1-3H3. The molecule has 0 saturated carbocycles. The van der Waals surface area contributed by atoms with Crippen molar-refractivity contribution >= 4 is 45.0 Å². The van der Waals surface area contributed by atoms with Gasteiger partial charge in [-0.05, 0) is 11.6 Å². The summed E-state index contributed by atoms with van der Waals surface area (Å²) >= 11 is 11.8. The summed E-state index contributed by atoms with van der Waals surface area (Å²) in [6.07, 6.45) is 0. The smallest absolute Gasteiger partial charge is 0.338 e. The molecule has 0 saturated heterocycles. The molecular formula is C21H23Cl2NO6S. The lowest BCUT2D eigenvalue weighted by atomic mass is 10.1. The molecule has 0 aliphatic carbocycles. The molecule has 0 radical (unpaired) electrons. The number of hydrogen-bond acceptors (Lipinski definition) is 6. The van der Waals surface area contributed by atoms with Gasteiger partial charge in [0.2, 0.25) is 11.3 Å². The fourth-order valence-electron chi connectivity index (χ4n) is 2.63. The number of halogens is 2. The number of amides is 1. The Morgan fingerprint density at radius 1 is 1.03 bits per heavy atom. The van der Waals surface area contributed by atoms with Crippen molar-refractivity contribution in [1.82, 2.24) is 4.90 Å². The van der Waals surface area contributed by atoms with Gasteiger partial charge in [-0.25, -0.2) is 0 Å². The fraction of sp³-hybridized carbons (Fsp3) is 0.333. The van der Waals surface area contributed by atoms with Gasteiger partial charge in [-0.2, -0.15) is 8.42 Å². The van der Waals surface area contributed by atoms with E-state index in [1.54, 1.807) is 0 Å². The topological polar surface area (TPSA) is 90.0 Å². The number of ketones is 1. The Labute approximate surface area is 192 Å². The SMILES string of the molecule is CC(C)C(=O)C(N(C)C(=O)COCc1ccccc1)S(=O)(=O)Oc1cc(Cl)cc(Cl)c1. The summed E-state index contributed by atoms with van der Waals surface area (Å²) in [6.45, 7) is 2.82. The first-order valence-electron chi connectivity index (χ1n) is 9.31. The predicted octanol–water partition coefficient (Wildman–Crippen LogP) is 3.93. The number of hydrogen-bond donors (Lipinski definition) is 0. The second-order valence-electron chi connectivity index (χ2n) is 7.07. The number of carbonyl (C=O) groups excluding carboxylic acids is 2. The molecule has 0 bridgehead atoms. The molecule has 0 fully saturated rings. The summed E-state index contributed by atoms with van der Waals surface area (Å²) in [7, 11) is -3.38. The maximum Gasteiger partial charge on any atom is 0.338 e. The molecule has 1 unspecified atom stereocenters. The Kier molecular flexibility index (Phi) is 8.88. The van der Waals surface area contributed by atoms with Crippen LogP contribution in [0.3, 0.4) is 0 Å². The minimum Gasteiger partial charge on any atom is -0.381 e. The van der Waals surface area contributed by atoms with Crippen molar-refractivity contribution in [1.29, 1.82) is 0 Å². The molecule has 2 rings (SSSR count). The Hall–Kier alpha value is -2.13. The van der Waals surface area contributed by atoms with Crippen molar-refractivity contribution in [3.8, 4) is 5.75 Å². The molecule has 31 heavy (non-hydrogen) atoms. The van der Waals surface area contributed by atoms with Crippen LogP contribution in [-0.2, 0) is 31.1 Å². The van der Waals surface area contributed by atoms with Crippen LogP contribution in [-0.4, -0.2) is 44.0 Å². The molecule has 7 nitrogen and oxygen atoms in total. The zero-order valence-electron chi connectivity index (χ0n) is 17.2. The van der Waals surface area contributed by atoms with Gasteiger partial charge in [0.15, 0.2) is 5.78 Å². The number of carbonyl (C=O) groups is 2. The average molecular weight is 488 g/mol. The first-order chi connectivity index (χ1) is 14.5. The highest BCUT2D eigenvalue weighted by Gasteiger charge is 2.41. The molecule has 168 valence electrons. The predicted molar refractivity (Wildman–Crippen MR) is 119 cm³/mol. The highest BCUT2D eigenvalue weighted by molar-refractivity contribution is 7.88. The summed E-state index contributed by atoms with van der Waals surface area (Å²) in [6, 6.07) is 13.0. The molecule has 0 aromatic heterocycles. The lowest BCUT2D eigenvalue weighted by molar-refractivity contribution is -0.140. The number of benzene rings is 2. The van der Waals surface area contributed by atoms with E-state index in [-0.39, 0.29) is 22.4 Å². The molecule has 2 aromatic rings. The van der Waals surface area contributed by atoms with Crippen molar-refractivity contribution in [2.75, 3.05) is 13.7 Å². The second-order valence-corrected chi connectivity index (χ2v) is 9.55. The van der Waals surface area contributed by atoms with Gasteiger partial charge in [0, 0.05) is 35.1 Å². The summed E-state index contributed by atoms with van der Waals surface area (Å²) in [5, 5.41) is -1.55. The van der Waals surface area contributed by atoms with E-state index >= 15 is 0 Å². The minimum absolute atomic E-state index is 0.156. The van der Waals surface area contributed by atoms with Gasteiger partial charge in [-0.1, -0.05) is 67.4 Å². The summed E-state index contributed by atoms with van der Waals surface area (Å²) in [5.74, 6) is -2.23. The maximum atomic E-state index is 12.9. The van der Waals surface area contributed by atoms with Crippen molar-refractivity contribution in [2.24, 2.45) is 5.92 Å². The van der Waals surface area contributed by atoms with E-state index in [1.807, 2.05) is 30.3 Å². The molecule has 2 aromatic carbocycles. The number of ether oxygens (including phenoxy) is 1. The van der Waals surface area contributed by atoms with Crippen molar-refractivity contribution < 1.29 is 26.9 Å². The van der Waals surface area contributed by atoms with E-state index in [4.69, 9.17) is 32.1 Å². The number of nitrogens with zero attached hydrogens (tertiary/aromatic N) is 1. The molecule has 0 aliphatic heterocycles. The van der Waals surface area contributed by atoms with E-state index in [0.29, 0.717) is 0 Å². The highest BCUT2D eigenvalue weighted by atomic mass is 35.5. The molecule has 10 heteroatoms. The molecule has 0 aliphatic rings. The van der Waals surface area contributed by atoms with E-state index in [0.717, 1.165) is 10.5 Å². The number of rotatable bonds is 10. The Balaban J connectivity index is 2.19. The molecule has 0 spiro atoms. The first kappa shape index (κ1) is 25.1. The Morgan fingerprint density at radius 2 is 1.61 bits per heavy atom. The van der Waals surface area contributed by atoms with E-state index in [1.165, 1.54) is 39.1 Å². The lowest BCUT2D eigenvalue weighted by Gasteiger charge is -2.27. The third-order valence-electron chi connectivity index (χ3n) is 4.22. The van der Waals surface area contributed by atoms with Gasteiger partial charge in [-0.3, -0.25) is 9.59 Å². The zero-order valence-corrected chi connectivity index (χ0v) is 19.6. The molecule has 0 heterocycles. The Morgan fingerprint density at radius 3 is 2.16 bits per heavy atom. The van der Waals surface area contributed by atoms with Gasteiger partial charge in [0.25, 0.3) is 0 Å². The van der Waals surface area contributed by atoms with Crippen molar-refractivity contribution in [3.63, 3.8) is 0 Å². The van der Waals surface area contributed by atoms with Crippen LogP contribution in [0, 0.1) is 5.92 Å². The van der Waals surface area contributed by atoms with Crippen LogP contribution in [0.15, 0.2) is 48.5 Å². The first-order valence-corrected chi connectivity index (χ1v) is 11.5. The summed E-state index contributed by atoms with van der Waals surface area (Å²) in [5.41, 5.74) is 0.849. The monoisotopic (exact) mass is 487 g/mol. The highest BCUT2D eigenvalue weighted by Crippen LogP contribution is 2.27. The van der Waals surface area contributed by atoms with Gasteiger partial charge in [-0.15, -0.1) is 0 Å². The number of Topliss-reactive ketones (excluding diaryl/α,β-unsaturated/α-hetero) is 1. The molecular weight excluding hydrogens is 465 g/mol. The van der Waals surface area contributed by atoms with Gasteiger partial charge in [0.05, 0.1) is 6.61 Å². The van der Waals surface area contributed by atoms with Crippen molar-refractivity contribution in [2.45, 2.75) is 25.8 Å². The zero-order chi connectivity index (χ0) is 23.2. The van der Waals surface area contributed by atoms with Crippen LogP contribution in [0.25, 0.3) is 0 Å². The third kappa shape index (κ3) is 7.21. The summed E-state index contributed by atoms with van der Waals surface area (Å²) < 4.78 is 36.4. The molecule has 0 N–H and O–H groups in total. The lowest BCUT2D eigenvalue weighted by Crippen LogP contribution is -2.51. The van der Waals surface area contributed by atoms with Crippen molar-refractivity contribution in [3.05, 3.63) is 64.1 Å². The van der Waals surface area contributed by atoms with Gasteiger partial charge < -0.3 is 13.8 Å². The minimum atomic E-state index is -4.59. The van der Waals surface area contributed by atoms with E-state index in [2.05, 4.69) is 0 Å². The average Bonchev–Trinajstić information content (AvgIpc) is 2.67. The van der Waals surface area contributed by atoms with Crippen LogP contribution in [0.4, 0.5) is 0 Å². The van der Waals surface area contributed by atoms with Gasteiger partial charge >= 0.3 is 10.1 Å². The maximum absolute atomic E-state index is 12.9. The summed E-state index contributed by atoms with van der Waals surface area (Å²) in [4.78, 5) is 26.1. The molecule has 1 amide bonds. The van der Waals surface area contributed by atoms with Crippen LogP contribution >= 0.6 is 23.2 Å². The van der Waals surface area contributed by atoms with Crippen LogP contribution in [0.1, 0.15) is 19.4 Å². The second kappa shape index (κ2) is 10.9.